The molecule has 1 aliphatic carbocycles. The molecule has 0 aromatic carbocycles. The average Bonchev–Trinajstić information content (AvgIpc) is 2.41. The molecule has 0 radical (unpaired) electrons. The Morgan fingerprint density at radius 2 is 2.13 bits per heavy atom. The molecule has 2 rings (SSSR count). The van der Waals surface area contributed by atoms with E-state index >= 15 is 0 Å². The summed E-state index contributed by atoms with van der Waals surface area (Å²) in [6.45, 7) is 6.26. The van der Waals surface area contributed by atoms with Crippen LogP contribution in [0.5, 0.6) is 0 Å². The Balaban J connectivity index is 2.14. The molecule has 0 unspecified atom stereocenters. The van der Waals surface area contributed by atoms with E-state index < -0.39 is 0 Å². The van der Waals surface area contributed by atoms with Gasteiger partial charge in [-0.05, 0) is 43.1 Å². The first-order valence-corrected chi connectivity index (χ1v) is 6.41. The first kappa shape index (κ1) is 11.5. The lowest BCUT2D eigenvalue weighted by Crippen LogP contribution is -2.41. The van der Waals surface area contributed by atoms with Crippen LogP contribution in [0.2, 0.25) is 0 Å². The van der Waals surface area contributed by atoms with Crippen LogP contribution < -0.4 is 0 Å². The van der Waals surface area contributed by atoms with Crippen molar-refractivity contribution in [3.05, 3.63) is 0 Å². The van der Waals surface area contributed by atoms with Gasteiger partial charge in [0.25, 0.3) is 0 Å². The average molecular weight is 209 g/mol. The number of hydrogen-bond acceptors (Lipinski definition) is 2. The van der Waals surface area contributed by atoms with Crippen LogP contribution >= 0.6 is 0 Å². The lowest BCUT2D eigenvalue weighted by Gasteiger charge is -2.46. The molecular formula is C12H24BNO. The molecule has 1 saturated carbocycles. The summed E-state index contributed by atoms with van der Waals surface area (Å²) < 4.78 is 0. The summed E-state index contributed by atoms with van der Waals surface area (Å²) in [5.41, 5.74) is 0.500. The van der Waals surface area contributed by atoms with Crippen LogP contribution in [0.4, 0.5) is 0 Å². The Morgan fingerprint density at radius 3 is 2.47 bits per heavy atom. The molecule has 2 nitrogen and oxygen atoms in total. The van der Waals surface area contributed by atoms with Gasteiger partial charge >= 0.3 is 0 Å². The van der Waals surface area contributed by atoms with Gasteiger partial charge in [-0.15, -0.1) is 0 Å². The Kier molecular flexibility index (Phi) is 3.13. The van der Waals surface area contributed by atoms with Crippen LogP contribution in [0.25, 0.3) is 0 Å². The third kappa shape index (κ3) is 1.74. The molecule has 2 fully saturated rings. The summed E-state index contributed by atoms with van der Waals surface area (Å²) in [4.78, 5) is 2.37. The van der Waals surface area contributed by atoms with Gasteiger partial charge in [0.05, 0.1) is 6.61 Å². The van der Waals surface area contributed by atoms with Gasteiger partial charge in [-0.25, -0.2) is 0 Å². The molecule has 0 aromatic heterocycles. The van der Waals surface area contributed by atoms with Gasteiger partial charge in [0.15, 0.2) is 7.98 Å². The molecule has 1 aliphatic heterocycles. The van der Waals surface area contributed by atoms with Crippen molar-refractivity contribution in [1.29, 1.82) is 0 Å². The summed E-state index contributed by atoms with van der Waals surface area (Å²) >= 11 is 0. The smallest absolute Gasteiger partial charge is 0.185 e. The lowest BCUT2D eigenvalue weighted by molar-refractivity contribution is 0.0459. The van der Waals surface area contributed by atoms with Crippen LogP contribution in [-0.2, 0) is 0 Å². The Morgan fingerprint density at radius 1 is 1.47 bits per heavy atom. The largest absolute Gasteiger partial charge is 0.395 e. The highest BCUT2D eigenvalue weighted by atomic mass is 16.3. The van der Waals surface area contributed by atoms with Gasteiger partial charge in [-0.1, -0.05) is 20.3 Å². The van der Waals surface area contributed by atoms with E-state index in [1.54, 1.807) is 0 Å². The van der Waals surface area contributed by atoms with E-state index in [1.165, 1.54) is 32.2 Å². The van der Waals surface area contributed by atoms with Crippen molar-refractivity contribution >= 4 is 7.98 Å². The summed E-state index contributed by atoms with van der Waals surface area (Å²) in [5, 5.41) is 9.38. The van der Waals surface area contributed by atoms with E-state index in [9.17, 15) is 5.11 Å². The van der Waals surface area contributed by atoms with Crippen molar-refractivity contribution in [3.8, 4) is 0 Å². The third-order valence-corrected chi connectivity index (χ3v) is 5.06. The minimum Gasteiger partial charge on any atom is -0.395 e. The first-order chi connectivity index (χ1) is 7.10. The Bertz CT molecular complexity index is 230. The first-order valence-electron chi connectivity index (χ1n) is 6.41. The Hall–Kier alpha value is -0.0151. The fourth-order valence-corrected chi connectivity index (χ4v) is 3.63. The molecule has 0 aromatic rings. The molecule has 3 heteroatoms. The zero-order valence-corrected chi connectivity index (χ0v) is 10.4. The topological polar surface area (TPSA) is 23.5 Å². The van der Waals surface area contributed by atoms with Gasteiger partial charge < -0.3 is 9.92 Å². The molecule has 0 amide bonds. The fraction of sp³-hybridized carbons (Fsp3) is 1.00. The highest BCUT2D eigenvalue weighted by Crippen LogP contribution is 2.53. The van der Waals surface area contributed by atoms with Gasteiger partial charge in [-0.3, -0.25) is 0 Å². The molecule has 1 saturated heterocycles. The highest BCUT2D eigenvalue weighted by molar-refractivity contribution is 6.04. The monoisotopic (exact) mass is 209 g/mol. The van der Waals surface area contributed by atoms with Crippen molar-refractivity contribution in [2.45, 2.75) is 45.6 Å². The standard InChI is InChI=1S/C12H24BNO/c1-9(2)12(10-4-3-5-10)6-11(7-15)14(13)8-12/h9-11,15H,3-8,13H2,1-2H3/t11-,12+/m0/s1. The summed E-state index contributed by atoms with van der Waals surface area (Å²) in [7, 11) is 2.17. The van der Waals surface area contributed by atoms with Crippen LogP contribution in [0.15, 0.2) is 0 Å². The fourth-order valence-electron chi connectivity index (χ4n) is 3.63. The van der Waals surface area contributed by atoms with E-state index in [0.29, 0.717) is 18.1 Å². The van der Waals surface area contributed by atoms with Crippen molar-refractivity contribution < 1.29 is 5.11 Å². The van der Waals surface area contributed by atoms with E-state index in [4.69, 9.17) is 0 Å². The normalized spacial score (nSPS) is 38.5. The predicted octanol–water partition coefficient (Wildman–Crippen LogP) is 1.04. The predicted molar refractivity (Wildman–Crippen MR) is 65.4 cm³/mol. The second kappa shape index (κ2) is 4.10. The summed E-state index contributed by atoms with van der Waals surface area (Å²) in [6.07, 6.45) is 5.48. The molecule has 0 spiro atoms. The third-order valence-electron chi connectivity index (χ3n) is 5.06. The SMILES string of the molecule is BN1C[C@](C(C)C)(C2CCC2)C[C@H]1CO. The van der Waals surface area contributed by atoms with Crippen LogP contribution in [0.1, 0.15) is 39.5 Å². The molecule has 86 valence electrons. The second-order valence-electron chi connectivity index (χ2n) is 5.97. The van der Waals surface area contributed by atoms with Gasteiger partial charge in [0, 0.05) is 6.04 Å². The van der Waals surface area contributed by atoms with Crippen molar-refractivity contribution in [1.82, 2.24) is 4.81 Å². The number of aliphatic hydroxyl groups excluding tert-OH is 1. The van der Waals surface area contributed by atoms with Crippen LogP contribution in [-0.4, -0.2) is 37.1 Å². The van der Waals surface area contributed by atoms with Gasteiger partial charge in [0.1, 0.15) is 0 Å². The van der Waals surface area contributed by atoms with E-state index in [-0.39, 0.29) is 0 Å². The second-order valence-corrected chi connectivity index (χ2v) is 5.97. The van der Waals surface area contributed by atoms with E-state index in [0.717, 1.165) is 11.8 Å². The molecular weight excluding hydrogens is 185 g/mol. The van der Waals surface area contributed by atoms with Crippen molar-refractivity contribution in [2.24, 2.45) is 17.3 Å². The number of aliphatic hydroxyl groups is 1. The molecule has 1 N–H and O–H groups in total. The van der Waals surface area contributed by atoms with Crippen molar-refractivity contribution in [2.75, 3.05) is 13.2 Å². The van der Waals surface area contributed by atoms with Gasteiger partial charge in [-0.2, -0.15) is 0 Å². The minimum atomic E-state index is 0.331. The van der Waals surface area contributed by atoms with E-state index in [2.05, 4.69) is 26.6 Å². The van der Waals surface area contributed by atoms with Gasteiger partial charge in [0.2, 0.25) is 0 Å². The minimum absolute atomic E-state index is 0.331. The lowest BCUT2D eigenvalue weighted by atomic mass is 9.59. The maximum Gasteiger partial charge on any atom is 0.185 e. The maximum absolute atomic E-state index is 9.38. The zero-order chi connectivity index (χ0) is 11.1. The zero-order valence-electron chi connectivity index (χ0n) is 10.4. The summed E-state index contributed by atoms with van der Waals surface area (Å²) in [5.74, 6) is 1.68. The number of nitrogens with zero attached hydrogens (tertiary/aromatic N) is 1. The molecule has 0 bridgehead atoms. The number of hydrogen-bond donors (Lipinski definition) is 1. The quantitative estimate of drug-likeness (QED) is 0.702. The molecule has 1 heterocycles. The molecule has 2 atom stereocenters. The van der Waals surface area contributed by atoms with Crippen LogP contribution in [0.3, 0.4) is 0 Å². The molecule has 2 aliphatic rings. The Labute approximate surface area is 94.5 Å². The summed E-state index contributed by atoms with van der Waals surface area (Å²) in [6, 6.07) is 0.410. The van der Waals surface area contributed by atoms with Crippen molar-refractivity contribution in [3.63, 3.8) is 0 Å². The maximum atomic E-state index is 9.38. The highest BCUT2D eigenvalue weighted by Gasteiger charge is 2.50. The van der Waals surface area contributed by atoms with Crippen LogP contribution in [0, 0.1) is 17.3 Å². The molecule has 15 heavy (non-hydrogen) atoms. The van der Waals surface area contributed by atoms with E-state index in [1.807, 2.05) is 0 Å². The number of rotatable bonds is 3.